The first-order valence-electron chi connectivity index (χ1n) is 4.26. The lowest BCUT2D eigenvalue weighted by Gasteiger charge is -2.06. The number of methoxy groups -OCH3 is 1. The number of hydrogen-bond donors (Lipinski definition) is 2. The van der Waals surface area contributed by atoms with Gasteiger partial charge in [-0.15, -0.1) is 0 Å². The molecule has 0 saturated heterocycles. The smallest absolute Gasteiger partial charge is 0.469 e. The number of ether oxygens (including phenoxy) is 1. The fraction of sp³-hybridized carbons (Fsp3) is 0.222. The Hall–Kier alpha value is -0.845. The van der Waals surface area contributed by atoms with E-state index in [1.165, 1.54) is 7.11 Å². The molecule has 1 rings (SSSR count). The molecule has 80 valence electrons. The monoisotopic (exact) mass is 272 g/mol. The molecular weight excluding hydrogens is 263 g/mol. The topological polar surface area (TPSA) is 66.8 Å². The van der Waals surface area contributed by atoms with Crippen LogP contribution in [0.3, 0.4) is 0 Å². The third-order valence-electron chi connectivity index (χ3n) is 1.93. The summed E-state index contributed by atoms with van der Waals surface area (Å²) in [6.45, 7) is 0. The Morgan fingerprint density at radius 2 is 2.20 bits per heavy atom. The third-order valence-corrected chi connectivity index (χ3v) is 2.70. The Bertz CT molecular complexity index is 367. The van der Waals surface area contributed by atoms with E-state index in [0.29, 0.717) is 11.0 Å². The molecule has 0 aliphatic heterocycles. The predicted octanol–water partition coefficient (Wildman–Crippen LogP) is -0.156. The molecule has 15 heavy (non-hydrogen) atoms. The van der Waals surface area contributed by atoms with Gasteiger partial charge in [-0.1, -0.05) is 28.1 Å². The summed E-state index contributed by atoms with van der Waals surface area (Å²) in [6, 6.07) is 4.77. The molecule has 0 aromatic heterocycles. The van der Waals surface area contributed by atoms with Crippen molar-refractivity contribution in [3.05, 3.63) is 28.2 Å². The summed E-state index contributed by atoms with van der Waals surface area (Å²) in [4.78, 5) is 11.0. The van der Waals surface area contributed by atoms with Crippen molar-refractivity contribution in [3.63, 3.8) is 0 Å². The zero-order valence-corrected chi connectivity index (χ0v) is 9.69. The average Bonchev–Trinajstić information content (AvgIpc) is 2.20. The van der Waals surface area contributed by atoms with Crippen LogP contribution in [-0.2, 0) is 16.0 Å². The summed E-state index contributed by atoms with van der Waals surface area (Å²) in [6.07, 6.45) is 0.0949. The van der Waals surface area contributed by atoms with Gasteiger partial charge in [-0.3, -0.25) is 4.79 Å². The lowest BCUT2D eigenvalue weighted by molar-refractivity contribution is -0.139. The first kappa shape index (κ1) is 12.2. The maximum Gasteiger partial charge on any atom is 0.488 e. The number of hydrogen-bond acceptors (Lipinski definition) is 4. The number of rotatable bonds is 3. The minimum absolute atomic E-state index is 0.0949. The van der Waals surface area contributed by atoms with Crippen molar-refractivity contribution in [3.8, 4) is 0 Å². The van der Waals surface area contributed by atoms with Crippen LogP contribution in [0.1, 0.15) is 5.56 Å². The lowest BCUT2D eigenvalue weighted by Crippen LogP contribution is -2.30. The van der Waals surface area contributed by atoms with Crippen LogP contribution in [0.5, 0.6) is 0 Å². The van der Waals surface area contributed by atoms with Crippen LogP contribution < -0.4 is 5.46 Å². The Morgan fingerprint density at radius 1 is 1.53 bits per heavy atom. The third kappa shape index (κ3) is 3.33. The fourth-order valence-electron chi connectivity index (χ4n) is 1.12. The van der Waals surface area contributed by atoms with Crippen LogP contribution >= 0.6 is 15.9 Å². The molecule has 0 amide bonds. The number of carbonyl (C=O) groups is 1. The molecule has 0 atom stereocenters. The van der Waals surface area contributed by atoms with Gasteiger partial charge in [0.1, 0.15) is 0 Å². The summed E-state index contributed by atoms with van der Waals surface area (Å²) in [5, 5.41) is 17.9. The molecular formula is C9H10BBrO4. The Kier molecular flexibility index (Phi) is 4.32. The SMILES string of the molecule is COC(=O)Cc1cc(B(O)O)ccc1Br. The Balaban J connectivity index is 2.95. The second-order valence-electron chi connectivity index (χ2n) is 2.98. The van der Waals surface area contributed by atoms with E-state index >= 15 is 0 Å². The van der Waals surface area contributed by atoms with Crippen molar-refractivity contribution in [1.29, 1.82) is 0 Å². The van der Waals surface area contributed by atoms with Gasteiger partial charge >= 0.3 is 13.1 Å². The first-order chi connectivity index (χ1) is 7.04. The second-order valence-corrected chi connectivity index (χ2v) is 3.83. The van der Waals surface area contributed by atoms with Crippen LogP contribution in [0.2, 0.25) is 0 Å². The van der Waals surface area contributed by atoms with Gasteiger partial charge in [0, 0.05) is 4.47 Å². The van der Waals surface area contributed by atoms with Crippen molar-refractivity contribution in [1.82, 2.24) is 0 Å². The normalized spacial score (nSPS) is 9.87. The van der Waals surface area contributed by atoms with E-state index in [-0.39, 0.29) is 12.4 Å². The molecule has 0 bridgehead atoms. The van der Waals surface area contributed by atoms with Gasteiger partial charge < -0.3 is 14.8 Å². The zero-order chi connectivity index (χ0) is 11.4. The van der Waals surface area contributed by atoms with E-state index in [4.69, 9.17) is 10.0 Å². The second kappa shape index (κ2) is 5.30. The number of esters is 1. The van der Waals surface area contributed by atoms with E-state index in [9.17, 15) is 4.79 Å². The molecule has 0 heterocycles. The van der Waals surface area contributed by atoms with Crippen molar-refractivity contribution in [2.75, 3.05) is 7.11 Å². The van der Waals surface area contributed by atoms with Gasteiger partial charge in [-0.25, -0.2) is 0 Å². The highest BCUT2D eigenvalue weighted by atomic mass is 79.9. The molecule has 0 fully saturated rings. The van der Waals surface area contributed by atoms with Crippen LogP contribution in [0, 0.1) is 0 Å². The highest BCUT2D eigenvalue weighted by molar-refractivity contribution is 9.10. The van der Waals surface area contributed by atoms with Crippen molar-refractivity contribution < 1.29 is 19.6 Å². The van der Waals surface area contributed by atoms with Gasteiger partial charge in [0.2, 0.25) is 0 Å². The maximum atomic E-state index is 11.0. The van der Waals surface area contributed by atoms with Crippen molar-refractivity contribution >= 4 is 34.5 Å². The summed E-state index contributed by atoms with van der Waals surface area (Å²) < 4.78 is 5.26. The van der Waals surface area contributed by atoms with Crippen LogP contribution in [0.15, 0.2) is 22.7 Å². The molecule has 1 aromatic rings. The van der Waals surface area contributed by atoms with Crippen LogP contribution in [0.4, 0.5) is 0 Å². The van der Waals surface area contributed by atoms with Gasteiger partial charge in [0.25, 0.3) is 0 Å². The van der Waals surface area contributed by atoms with Crippen LogP contribution in [0.25, 0.3) is 0 Å². The molecule has 0 saturated carbocycles. The van der Waals surface area contributed by atoms with E-state index in [0.717, 1.165) is 4.47 Å². The summed E-state index contributed by atoms with van der Waals surface area (Å²) >= 11 is 3.27. The van der Waals surface area contributed by atoms with Gasteiger partial charge in [-0.05, 0) is 17.1 Å². The van der Waals surface area contributed by atoms with E-state index < -0.39 is 7.12 Å². The largest absolute Gasteiger partial charge is 0.488 e. The maximum absolute atomic E-state index is 11.0. The number of carbonyl (C=O) groups excluding carboxylic acids is 1. The molecule has 0 spiro atoms. The highest BCUT2D eigenvalue weighted by Crippen LogP contribution is 2.15. The molecule has 4 nitrogen and oxygen atoms in total. The molecule has 6 heteroatoms. The quantitative estimate of drug-likeness (QED) is 0.593. The number of halogens is 1. The Labute approximate surface area is 96.1 Å². The van der Waals surface area contributed by atoms with Gasteiger partial charge in [-0.2, -0.15) is 0 Å². The minimum atomic E-state index is -1.53. The molecule has 0 unspecified atom stereocenters. The van der Waals surface area contributed by atoms with Crippen molar-refractivity contribution in [2.24, 2.45) is 0 Å². The summed E-state index contributed by atoms with van der Waals surface area (Å²) in [7, 11) is -0.226. The summed E-state index contributed by atoms with van der Waals surface area (Å²) in [5.41, 5.74) is 1.00. The lowest BCUT2D eigenvalue weighted by atomic mass is 9.79. The first-order valence-corrected chi connectivity index (χ1v) is 5.05. The van der Waals surface area contributed by atoms with E-state index in [1.807, 2.05) is 0 Å². The number of benzene rings is 1. The highest BCUT2D eigenvalue weighted by Gasteiger charge is 2.14. The summed E-state index contributed by atoms with van der Waals surface area (Å²) in [5.74, 6) is -0.375. The van der Waals surface area contributed by atoms with E-state index in [1.54, 1.807) is 18.2 Å². The molecule has 0 aliphatic rings. The molecule has 1 aromatic carbocycles. The van der Waals surface area contributed by atoms with Crippen molar-refractivity contribution in [2.45, 2.75) is 6.42 Å². The fourth-order valence-corrected chi connectivity index (χ4v) is 1.51. The van der Waals surface area contributed by atoms with Crippen LogP contribution in [-0.4, -0.2) is 30.2 Å². The van der Waals surface area contributed by atoms with E-state index in [2.05, 4.69) is 20.7 Å². The zero-order valence-electron chi connectivity index (χ0n) is 8.11. The predicted molar refractivity (Wildman–Crippen MR) is 59.7 cm³/mol. The van der Waals surface area contributed by atoms with Gasteiger partial charge in [0.05, 0.1) is 13.5 Å². The average molecular weight is 273 g/mol. The van der Waals surface area contributed by atoms with Gasteiger partial charge in [0.15, 0.2) is 0 Å². The standard InChI is InChI=1S/C9H10BBrO4/c1-15-9(12)5-6-4-7(10(13)14)2-3-8(6)11/h2-4,13-14H,5H2,1H3. The molecule has 0 radical (unpaired) electrons. The minimum Gasteiger partial charge on any atom is -0.469 e. The molecule has 2 N–H and O–H groups in total. The Morgan fingerprint density at radius 3 is 2.73 bits per heavy atom. The molecule has 0 aliphatic carbocycles.